The molecule has 7 heteroatoms. The van der Waals surface area contributed by atoms with E-state index in [2.05, 4.69) is 27.5 Å². The molecule has 7 nitrogen and oxygen atoms in total. The minimum absolute atomic E-state index is 0.0170. The summed E-state index contributed by atoms with van der Waals surface area (Å²) < 4.78 is 3.08. The Morgan fingerprint density at radius 3 is 3.07 bits per heavy atom. The summed E-state index contributed by atoms with van der Waals surface area (Å²) in [4.78, 5) is 28.9. The molecule has 1 unspecified atom stereocenters. The standard InChI is InChI=1S/C20H23N5O2/c1-14-23-25(20(27)19-21-11-13-24(14)19)12-5-10-18(26)22-17-9-4-7-15-6-2-3-8-16(15)17/h2-3,6,8,11,13,17H,4-5,7,9-10,12H2,1H3,(H,22,26). The van der Waals surface area contributed by atoms with Crippen molar-refractivity contribution in [3.63, 3.8) is 0 Å². The average molecular weight is 365 g/mol. The summed E-state index contributed by atoms with van der Waals surface area (Å²) in [5.74, 6) is 0.716. The maximum atomic E-state index is 12.4. The zero-order chi connectivity index (χ0) is 18.8. The van der Waals surface area contributed by atoms with Crippen molar-refractivity contribution in [3.05, 3.63) is 64.0 Å². The van der Waals surface area contributed by atoms with Gasteiger partial charge in [0.05, 0.1) is 6.04 Å². The maximum absolute atomic E-state index is 12.4. The predicted octanol–water partition coefficient (Wildman–Crippen LogP) is 2.17. The summed E-state index contributed by atoms with van der Waals surface area (Å²) in [5.41, 5.74) is 2.70. The second kappa shape index (κ2) is 7.34. The van der Waals surface area contributed by atoms with Crippen LogP contribution in [0.1, 0.15) is 48.7 Å². The number of fused-ring (bicyclic) bond motifs is 2. The number of nitrogens with one attached hydrogen (secondary N) is 1. The van der Waals surface area contributed by atoms with Crippen LogP contribution in [0.5, 0.6) is 0 Å². The first-order valence-electron chi connectivity index (χ1n) is 9.41. The van der Waals surface area contributed by atoms with Crippen LogP contribution in [-0.4, -0.2) is 25.1 Å². The van der Waals surface area contributed by atoms with Gasteiger partial charge in [-0.05, 0) is 43.7 Å². The van der Waals surface area contributed by atoms with Gasteiger partial charge < -0.3 is 5.32 Å². The van der Waals surface area contributed by atoms with Gasteiger partial charge in [-0.25, -0.2) is 9.67 Å². The number of hydrogen-bond acceptors (Lipinski definition) is 4. The van der Waals surface area contributed by atoms with E-state index < -0.39 is 0 Å². The fourth-order valence-corrected chi connectivity index (χ4v) is 3.82. The molecule has 0 saturated heterocycles. The normalized spacial score (nSPS) is 16.3. The molecule has 140 valence electrons. The molecule has 0 spiro atoms. The van der Waals surface area contributed by atoms with Gasteiger partial charge in [-0.2, -0.15) is 5.10 Å². The van der Waals surface area contributed by atoms with E-state index in [0.29, 0.717) is 30.9 Å². The van der Waals surface area contributed by atoms with Gasteiger partial charge in [0, 0.05) is 25.4 Å². The third kappa shape index (κ3) is 3.49. The molecule has 2 aromatic heterocycles. The third-order valence-electron chi connectivity index (χ3n) is 5.16. The topological polar surface area (TPSA) is 81.3 Å². The molecule has 1 aliphatic rings. The Bertz CT molecular complexity index is 1040. The fourth-order valence-electron chi connectivity index (χ4n) is 3.82. The molecule has 1 aliphatic carbocycles. The van der Waals surface area contributed by atoms with Crippen LogP contribution in [0, 0.1) is 6.92 Å². The molecule has 0 radical (unpaired) electrons. The van der Waals surface area contributed by atoms with Crippen LogP contribution in [-0.2, 0) is 17.8 Å². The van der Waals surface area contributed by atoms with Crippen molar-refractivity contribution >= 4 is 11.6 Å². The van der Waals surface area contributed by atoms with Gasteiger partial charge >= 0.3 is 5.56 Å². The van der Waals surface area contributed by atoms with Gasteiger partial charge in [0.25, 0.3) is 0 Å². The van der Waals surface area contributed by atoms with Gasteiger partial charge in [-0.15, -0.1) is 0 Å². The minimum Gasteiger partial charge on any atom is -0.349 e. The number of aryl methyl sites for hydroxylation is 3. The van der Waals surface area contributed by atoms with Crippen molar-refractivity contribution in [2.75, 3.05) is 0 Å². The van der Waals surface area contributed by atoms with Crippen LogP contribution in [0.15, 0.2) is 41.5 Å². The molecule has 0 saturated carbocycles. The molecule has 1 atom stereocenters. The first-order chi connectivity index (χ1) is 13.1. The quantitative estimate of drug-likeness (QED) is 0.751. The van der Waals surface area contributed by atoms with Gasteiger partial charge in [-0.3, -0.25) is 14.0 Å². The highest BCUT2D eigenvalue weighted by atomic mass is 16.1. The zero-order valence-electron chi connectivity index (χ0n) is 15.4. The number of benzene rings is 1. The van der Waals surface area contributed by atoms with Crippen LogP contribution < -0.4 is 10.9 Å². The van der Waals surface area contributed by atoms with Crippen molar-refractivity contribution in [1.29, 1.82) is 0 Å². The summed E-state index contributed by atoms with van der Waals surface area (Å²) in [6, 6.07) is 8.40. The monoisotopic (exact) mass is 365 g/mol. The molecule has 0 bridgehead atoms. The molecule has 0 aliphatic heterocycles. The highest BCUT2D eigenvalue weighted by Gasteiger charge is 2.21. The highest BCUT2D eigenvalue weighted by Crippen LogP contribution is 2.29. The number of rotatable bonds is 5. The van der Waals surface area contributed by atoms with Crippen LogP contribution in [0.3, 0.4) is 0 Å². The second-order valence-corrected chi connectivity index (χ2v) is 7.01. The number of carbonyl (C=O) groups is 1. The van der Waals surface area contributed by atoms with E-state index in [1.165, 1.54) is 15.8 Å². The van der Waals surface area contributed by atoms with Crippen molar-refractivity contribution in [1.82, 2.24) is 24.5 Å². The molecule has 0 fully saturated rings. The molecular formula is C20H23N5O2. The number of hydrogen-bond donors (Lipinski definition) is 1. The van der Waals surface area contributed by atoms with Crippen LogP contribution in [0.25, 0.3) is 5.65 Å². The lowest BCUT2D eigenvalue weighted by molar-refractivity contribution is -0.122. The summed E-state index contributed by atoms with van der Waals surface area (Å²) in [6.45, 7) is 2.23. The predicted molar refractivity (Wildman–Crippen MR) is 101 cm³/mol. The first kappa shape index (κ1) is 17.5. The van der Waals surface area contributed by atoms with Crippen LogP contribution in [0.2, 0.25) is 0 Å². The lowest BCUT2D eigenvalue weighted by Gasteiger charge is -2.26. The number of nitrogens with zero attached hydrogens (tertiary/aromatic N) is 4. The van der Waals surface area contributed by atoms with E-state index in [1.54, 1.807) is 16.8 Å². The van der Waals surface area contributed by atoms with Crippen molar-refractivity contribution in [2.45, 2.75) is 51.6 Å². The fraction of sp³-hybridized carbons (Fsp3) is 0.400. The number of amides is 1. The second-order valence-electron chi connectivity index (χ2n) is 7.01. The third-order valence-corrected chi connectivity index (χ3v) is 5.16. The molecule has 1 aromatic carbocycles. The Balaban J connectivity index is 1.37. The van der Waals surface area contributed by atoms with Crippen LogP contribution in [0.4, 0.5) is 0 Å². The molecule has 1 N–H and O–H groups in total. The summed E-state index contributed by atoms with van der Waals surface area (Å²) in [6.07, 6.45) is 7.37. The van der Waals surface area contributed by atoms with E-state index in [4.69, 9.17) is 0 Å². The lowest BCUT2D eigenvalue weighted by Crippen LogP contribution is -2.31. The highest BCUT2D eigenvalue weighted by molar-refractivity contribution is 5.76. The Kier molecular flexibility index (Phi) is 4.75. The summed E-state index contributed by atoms with van der Waals surface area (Å²) in [5, 5.41) is 7.46. The minimum atomic E-state index is -0.229. The largest absolute Gasteiger partial charge is 0.349 e. The van der Waals surface area contributed by atoms with E-state index in [9.17, 15) is 9.59 Å². The van der Waals surface area contributed by atoms with Gasteiger partial charge in [-0.1, -0.05) is 24.3 Å². The van der Waals surface area contributed by atoms with Crippen molar-refractivity contribution in [2.24, 2.45) is 0 Å². The number of carbonyl (C=O) groups excluding carboxylic acids is 1. The lowest BCUT2D eigenvalue weighted by atomic mass is 9.87. The Hall–Kier alpha value is -2.96. The maximum Gasteiger partial charge on any atom is 0.310 e. The zero-order valence-corrected chi connectivity index (χ0v) is 15.4. The Morgan fingerprint density at radius 1 is 1.33 bits per heavy atom. The molecular weight excluding hydrogens is 342 g/mol. The smallest absolute Gasteiger partial charge is 0.310 e. The van der Waals surface area contributed by atoms with Crippen molar-refractivity contribution in [3.8, 4) is 0 Å². The van der Waals surface area contributed by atoms with Crippen LogP contribution >= 0.6 is 0 Å². The van der Waals surface area contributed by atoms with Gasteiger partial charge in [0.15, 0.2) is 0 Å². The molecule has 27 heavy (non-hydrogen) atoms. The summed E-state index contributed by atoms with van der Waals surface area (Å²) in [7, 11) is 0. The van der Waals surface area contributed by atoms with Crippen molar-refractivity contribution < 1.29 is 4.79 Å². The van der Waals surface area contributed by atoms with E-state index in [-0.39, 0.29) is 17.5 Å². The summed E-state index contributed by atoms with van der Waals surface area (Å²) >= 11 is 0. The van der Waals surface area contributed by atoms with Gasteiger partial charge in [0.2, 0.25) is 11.6 Å². The molecule has 2 heterocycles. The molecule has 4 rings (SSSR count). The number of aromatic nitrogens is 4. The molecule has 1 amide bonds. The SMILES string of the molecule is Cc1nn(CCCC(=O)NC2CCCc3ccccc32)c(=O)c2nccn12. The molecule has 3 aromatic rings. The Morgan fingerprint density at radius 2 is 2.19 bits per heavy atom. The van der Waals surface area contributed by atoms with E-state index >= 15 is 0 Å². The number of imidazole rings is 1. The van der Waals surface area contributed by atoms with E-state index in [1.807, 2.05) is 19.1 Å². The average Bonchev–Trinajstić information content (AvgIpc) is 3.17. The first-order valence-corrected chi connectivity index (χ1v) is 9.41. The Labute approximate surface area is 157 Å². The van der Waals surface area contributed by atoms with Gasteiger partial charge in [0.1, 0.15) is 5.82 Å². The van der Waals surface area contributed by atoms with E-state index in [0.717, 1.165) is 19.3 Å².